The van der Waals surface area contributed by atoms with E-state index in [2.05, 4.69) is 39.0 Å². The maximum Gasteiger partial charge on any atom is 0.274 e. The van der Waals surface area contributed by atoms with Crippen molar-refractivity contribution < 1.29 is 10.0 Å². The summed E-state index contributed by atoms with van der Waals surface area (Å²) in [5.74, 6) is -0.485. The van der Waals surface area contributed by atoms with Gasteiger partial charge in [0.05, 0.1) is 0 Å². The number of nitrogens with one attached hydrogen (secondary N) is 1. The predicted octanol–water partition coefficient (Wildman–Crippen LogP) is 3.91. The Morgan fingerprint density at radius 3 is 2.70 bits per heavy atom. The monoisotopic (exact) mass is 374 g/mol. The third kappa shape index (κ3) is 3.74. The van der Waals surface area contributed by atoms with Gasteiger partial charge in [0, 0.05) is 28.8 Å². The fourth-order valence-electron chi connectivity index (χ4n) is 3.01. The maximum absolute atomic E-state index is 11.4. The first-order chi connectivity index (χ1) is 11.2. The Hall–Kier alpha value is -1.85. The number of hydroxylamine groups is 1. The van der Waals surface area contributed by atoms with Crippen molar-refractivity contribution in [2.24, 2.45) is 0 Å². The Bertz CT molecular complexity index is 701. The molecule has 0 saturated carbocycles. The molecule has 1 amide bonds. The predicted molar refractivity (Wildman–Crippen MR) is 93.8 cm³/mol. The van der Waals surface area contributed by atoms with E-state index in [9.17, 15) is 4.79 Å². The van der Waals surface area contributed by atoms with Crippen molar-refractivity contribution >= 4 is 27.5 Å². The van der Waals surface area contributed by atoms with Gasteiger partial charge in [-0.1, -0.05) is 28.1 Å². The summed E-state index contributed by atoms with van der Waals surface area (Å²) in [6.45, 7) is 1.85. The minimum absolute atomic E-state index is 0.455. The molecular weight excluding hydrogens is 356 g/mol. The van der Waals surface area contributed by atoms with E-state index in [0.29, 0.717) is 5.56 Å². The van der Waals surface area contributed by atoms with Gasteiger partial charge in [0.2, 0.25) is 0 Å². The molecule has 0 aromatic heterocycles. The zero-order valence-corrected chi connectivity index (χ0v) is 14.3. The fraction of sp³-hybridized carbons (Fsp3) is 0.278. The van der Waals surface area contributed by atoms with Crippen molar-refractivity contribution in [3.05, 3.63) is 63.6 Å². The number of rotatable bonds is 3. The molecule has 23 heavy (non-hydrogen) atoms. The lowest BCUT2D eigenvalue weighted by Crippen LogP contribution is -2.23. The molecule has 0 aliphatic carbocycles. The van der Waals surface area contributed by atoms with Crippen LogP contribution in [0, 0.1) is 0 Å². The van der Waals surface area contributed by atoms with Crippen LogP contribution in [-0.4, -0.2) is 17.7 Å². The Kier molecular flexibility index (Phi) is 4.98. The summed E-state index contributed by atoms with van der Waals surface area (Å²) in [5.41, 5.74) is 5.94. The molecule has 2 aromatic rings. The summed E-state index contributed by atoms with van der Waals surface area (Å²) in [6, 6.07) is 13.8. The Morgan fingerprint density at radius 1 is 1.17 bits per heavy atom. The van der Waals surface area contributed by atoms with E-state index in [4.69, 9.17) is 5.21 Å². The molecule has 0 spiro atoms. The number of hydrogen-bond acceptors (Lipinski definition) is 3. The number of hydrogen-bond donors (Lipinski definition) is 2. The second-order valence-corrected chi connectivity index (χ2v) is 6.71. The number of amides is 1. The van der Waals surface area contributed by atoms with E-state index < -0.39 is 5.91 Å². The Labute approximate surface area is 144 Å². The molecular formula is C18H19BrN2O2. The van der Waals surface area contributed by atoms with E-state index in [-0.39, 0.29) is 0 Å². The van der Waals surface area contributed by atoms with Crippen molar-refractivity contribution in [2.75, 3.05) is 11.4 Å². The van der Waals surface area contributed by atoms with Gasteiger partial charge < -0.3 is 4.90 Å². The second-order valence-electron chi connectivity index (χ2n) is 5.79. The summed E-state index contributed by atoms with van der Waals surface area (Å²) >= 11 is 3.55. The fourth-order valence-corrected chi connectivity index (χ4v) is 3.42. The van der Waals surface area contributed by atoms with Crippen molar-refractivity contribution in [2.45, 2.75) is 25.8 Å². The molecule has 0 radical (unpaired) electrons. The number of benzene rings is 2. The highest BCUT2D eigenvalue weighted by Gasteiger charge is 2.16. The van der Waals surface area contributed by atoms with Crippen LogP contribution in [0.5, 0.6) is 0 Å². The largest absolute Gasteiger partial charge is 0.367 e. The highest BCUT2D eigenvalue weighted by Crippen LogP contribution is 2.30. The third-order valence-corrected chi connectivity index (χ3v) is 4.69. The van der Waals surface area contributed by atoms with Gasteiger partial charge in [-0.25, -0.2) is 5.48 Å². The summed E-state index contributed by atoms with van der Waals surface area (Å²) in [5, 5.41) is 8.67. The van der Waals surface area contributed by atoms with Gasteiger partial charge >= 0.3 is 0 Å². The van der Waals surface area contributed by atoms with Crippen LogP contribution in [0.15, 0.2) is 46.9 Å². The lowest BCUT2D eigenvalue weighted by molar-refractivity contribution is 0.0706. The lowest BCUT2D eigenvalue weighted by atomic mass is 10.1. The summed E-state index contributed by atoms with van der Waals surface area (Å²) in [4.78, 5) is 13.8. The molecule has 0 bridgehead atoms. The average Bonchev–Trinajstić information content (AvgIpc) is 2.76. The van der Waals surface area contributed by atoms with Crippen molar-refractivity contribution in [3.8, 4) is 0 Å². The second kappa shape index (κ2) is 7.15. The molecule has 2 N–H and O–H groups in total. The summed E-state index contributed by atoms with van der Waals surface area (Å²) in [7, 11) is 0. The average molecular weight is 375 g/mol. The molecule has 1 heterocycles. The van der Waals surface area contributed by atoms with Crippen molar-refractivity contribution in [1.82, 2.24) is 5.48 Å². The van der Waals surface area contributed by atoms with Crippen LogP contribution < -0.4 is 10.4 Å². The van der Waals surface area contributed by atoms with Crippen LogP contribution in [0.1, 0.15) is 34.3 Å². The van der Waals surface area contributed by atoms with Crippen molar-refractivity contribution in [1.29, 1.82) is 0 Å². The molecule has 1 aliphatic heterocycles. The molecule has 2 aromatic carbocycles. The van der Waals surface area contributed by atoms with Crippen molar-refractivity contribution in [3.63, 3.8) is 0 Å². The van der Waals surface area contributed by atoms with Gasteiger partial charge in [0.15, 0.2) is 0 Å². The van der Waals surface area contributed by atoms with Gasteiger partial charge in [-0.15, -0.1) is 0 Å². The normalized spacial score (nSPS) is 14.1. The first-order valence-corrected chi connectivity index (χ1v) is 8.53. The summed E-state index contributed by atoms with van der Waals surface area (Å²) in [6.07, 6.45) is 3.49. The summed E-state index contributed by atoms with van der Waals surface area (Å²) < 4.78 is 1.12. The number of anilines is 1. The van der Waals surface area contributed by atoms with Crippen LogP contribution in [0.25, 0.3) is 0 Å². The van der Waals surface area contributed by atoms with Crippen LogP contribution in [0.2, 0.25) is 0 Å². The molecule has 4 nitrogen and oxygen atoms in total. The highest BCUT2D eigenvalue weighted by atomic mass is 79.9. The van der Waals surface area contributed by atoms with Gasteiger partial charge in [0.25, 0.3) is 5.91 Å². The molecule has 0 unspecified atom stereocenters. The molecule has 0 atom stereocenters. The zero-order chi connectivity index (χ0) is 16.2. The number of nitrogens with zero attached hydrogens (tertiary/aromatic N) is 1. The first kappa shape index (κ1) is 16.0. The van der Waals surface area contributed by atoms with Gasteiger partial charge in [-0.05, 0) is 60.7 Å². The smallest absolute Gasteiger partial charge is 0.274 e. The van der Waals surface area contributed by atoms with Crippen LogP contribution in [0.4, 0.5) is 5.69 Å². The first-order valence-electron chi connectivity index (χ1n) is 7.74. The number of aryl methyl sites for hydroxylation is 1. The van der Waals surface area contributed by atoms with Gasteiger partial charge in [-0.2, -0.15) is 0 Å². The molecule has 0 saturated heterocycles. The molecule has 120 valence electrons. The van der Waals surface area contributed by atoms with E-state index in [1.165, 1.54) is 24.1 Å². The molecule has 3 rings (SSSR count). The van der Waals surface area contributed by atoms with Gasteiger partial charge in [0.1, 0.15) is 0 Å². The third-order valence-electron chi connectivity index (χ3n) is 4.20. The van der Waals surface area contributed by atoms with Crippen LogP contribution >= 0.6 is 15.9 Å². The van der Waals surface area contributed by atoms with E-state index in [1.807, 2.05) is 12.1 Å². The topological polar surface area (TPSA) is 52.6 Å². The lowest BCUT2D eigenvalue weighted by Gasteiger charge is -2.25. The minimum atomic E-state index is -0.485. The minimum Gasteiger partial charge on any atom is -0.367 e. The Morgan fingerprint density at radius 2 is 1.96 bits per heavy atom. The molecule has 1 aliphatic rings. The zero-order valence-electron chi connectivity index (χ0n) is 12.8. The van der Waals surface area contributed by atoms with E-state index in [0.717, 1.165) is 29.5 Å². The van der Waals surface area contributed by atoms with Gasteiger partial charge in [-0.3, -0.25) is 10.0 Å². The SMILES string of the molecule is O=C(NO)c1ccc(CN2CCCCc3cc(Br)ccc32)cc1. The molecule has 0 fully saturated rings. The number of halogens is 1. The van der Waals surface area contributed by atoms with Crippen LogP contribution in [0.3, 0.4) is 0 Å². The standard InChI is InChI=1S/C18H19BrN2O2/c19-16-8-9-17-15(11-16)3-1-2-10-21(17)12-13-4-6-14(7-5-13)18(22)20-23/h4-9,11,23H,1-3,10,12H2,(H,20,22). The van der Waals surface area contributed by atoms with E-state index in [1.54, 1.807) is 17.6 Å². The van der Waals surface area contributed by atoms with E-state index >= 15 is 0 Å². The quantitative estimate of drug-likeness (QED) is 0.632. The number of carbonyl (C=O) groups excluding carboxylic acids is 1. The molecule has 5 heteroatoms. The number of carbonyl (C=O) groups is 1. The Balaban J connectivity index is 1.81. The maximum atomic E-state index is 11.4. The number of fused-ring (bicyclic) bond motifs is 1. The highest BCUT2D eigenvalue weighted by molar-refractivity contribution is 9.10. The van der Waals surface area contributed by atoms with Crippen LogP contribution in [-0.2, 0) is 13.0 Å².